The second-order valence-corrected chi connectivity index (χ2v) is 11.2. The minimum atomic E-state index is -0.268. The van der Waals surface area contributed by atoms with Crippen LogP contribution in [0.15, 0.2) is 36.8 Å². The number of nitriles is 1. The fourth-order valence-electron chi connectivity index (χ4n) is 6.34. The Kier molecular flexibility index (Phi) is 7.41. The van der Waals surface area contributed by atoms with Crippen molar-refractivity contribution in [2.24, 2.45) is 0 Å². The van der Waals surface area contributed by atoms with Crippen LogP contribution in [0.1, 0.15) is 71.0 Å². The molecule has 6 rings (SSSR count). The first-order chi connectivity index (χ1) is 20.0. The van der Waals surface area contributed by atoms with E-state index in [9.17, 15) is 10.1 Å². The van der Waals surface area contributed by atoms with Gasteiger partial charge in [-0.3, -0.25) is 14.7 Å². The summed E-state index contributed by atoms with van der Waals surface area (Å²) < 4.78 is 13.4. The molecular weight excluding hydrogens is 518 g/mol. The highest BCUT2D eigenvalue weighted by Crippen LogP contribution is 2.55. The van der Waals surface area contributed by atoms with Gasteiger partial charge >= 0.3 is 0 Å². The SMILES string of the molecule is CCOc1cc([C@H](C)N2CC3(CC3)c3c(CN4CCOCC4)cc(Cn4ccnc4NC)cc3C2=O)ncc1C#N. The summed E-state index contributed by atoms with van der Waals surface area (Å²) in [5.41, 5.74) is 5.43. The first-order valence-electron chi connectivity index (χ1n) is 14.5. The molecule has 3 aromatic rings. The Bertz CT molecular complexity index is 1480. The van der Waals surface area contributed by atoms with Crippen LogP contribution >= 0.6 is 0 Å². The van der Waals surface area contributed by atoms with Crippen molar-refractivity contribution in [2.75, 3.05) is 51.8 Å². The van der Waals surface area contributed by atoms with Crippen LogP contribution in [-0.4, -0.2) is 76.7 Å². The molecule has 0 bridgehead atoms. The zero-order valence-electron chi connectivity index (χ0n) is 24.0. The van der Waals surface area contributed by atoms with E-state index in [0.717, 1.165) is 68.5 Å². The molecule has 2 aromatic heterocycles. The number of nitrogens with zero attached hydrogens (tertiary/aromatic N) is 6. The predicted molar refractivity (Wildman–Crippen MR) is 154 cm³/mol. The van der Waals surface area contributed by atoms with Crippen LogP contribution in [0.5, 0.6) is 5.75 Å². The van der Waals surface area contributed by atoms with Crippen LogP contribution < -0.4 is 10.1 Å². The molecule has 2 fully saturated rings. The third-order valence-corrected chi connectivity index (χ3v) is 8.62. The maximum Gasteiger partial charge on any atom is 0.254 e. The number of ether oxygens (including phenoxy) is 2. The zero-order chi connectivity index (χ0) is 28.6. The molecule has 1 aliphatic carbocycles. The summed E-state index contributed by atoms with van der Waals surface area (Å²) >= 11 is 0. The molecule has 41 heavy (non-hydrogen) atoms. The van der Waals surface area contributed by atoms with Gasteiger partial charge < -0.3 is 24.3 Å². The van der Waals surface area contributed by atoms with Gasteiger partial charge in [0.15, 0.2) is 0 Å². The third-order valence-electron chi connectivity index (χ3n) is 8.62. The molecular formula is C31H37N7O3. The van der Waals surface area contributed by atoms with E-state index >= 15 is 0 Å². The summed E-state index contributed by atoms with van der Waals surface area (Å²) in [6, 6.07) is 8.09. The smallest absolute Gasteiger partial charge is 0.254 e. The zero-order valence-corrected chi connectivity index (χ0v) is 24.0. The molecule has 1 aromatic carbocycles. The number of carbonyl (C=O) groups is 1. The summed E-state index contributed by atoms with van der Waals surface area (Å²) in [6.07, 6.45) is 7.41. The van der Waals surface area contributed by atoms with E-state index in [2.05, 4.69) is 43.0 Å². The lowest BCUT2D eigenvalue weighted by Gasteiger charge is -2.40. The summed E-state index contributed by atoms with van der Waals surface area (Å²) in [5.74, 6) is 1.32. The van der Waals surface area contributed by atoms with Gasteiger partial charge in [0, 0.05) is 68.9 Å². The molecule has 10 nitrogen and oxygen atoms in total. The lowest BCUT2D eigenvalue weighted by Crippen LogP contribution is -2.46. The van der Waals surface area contributed by atoms with E-state index in [1.54, 1.807) is 12.4 Å². The Morgan fingerprint density at radius 2 is 2.00 bits per heavy atom. The number of aromatic nitrogens is 3. The number of carbonyl (C=O) groups excluding carboxylic acids is 1. The Morgan fingerprint density at radius 1 is 1.20 bits per heavy atom. The molecule has 1 saturated heterocycles. The number of morpholine rings is 1. The fourth-order valence-corrected chi connectivity index (χ4v) is 6.34. The number of imidazole rings is 1. The number of pyridine rings is 1. The highest BCUT2D eigenvalue weighted by atomic mass is 16.5. The number of anilines is 1. The standard InChI is InChI=1S/C31H37N7O3/c1-4-41-27-15-26(35-17-24(27)16-32)21(2)38-20-31(5-6-31)28-23(19-36-9-11-40-12-10-36)13-22(14-25(28)29(38)39)18-37-8-7-34-30(37)33-3/h7-8,13-15,17,21H,4-6,9-12,18-20H2,1-3H3,(H,33,34)/t21-/m0/s1. The van der Waals surface area contributed by atoms with E-state index in [1.807, 2.05) is 38.1 Å². The topological polar surface area (TPSA) is 109 Å². The number of fused-ring (bicyclic) bond motifs is 2. The number of rotatable bonds is 9. The predicted octanol–water partition coefficient (Wildman–Crippen LogP) is 3.72. The molecule has 1 amide bonds. The first-order valence-corrected chi connectivity index (χ1v) is 14.5. The fraction of sp³-hybridized carbons (Fsp3) is 0.484. The molecule has 0 radical (unpaired) electrons. The lowest BCUT2D eigenvalue weighted by molar-refractivity contribution is 0.0337. The minimum Gasteiger partial charge on any atom is -0.492 e. The highest BCUT2D eigenvalue weighted by molar-refractivity contribution is 5.99. The normalized spacial score (nSPS) is 18.6. The first kappa shape index (κ1) is 27.2. The van der Waals surface area contributed by atoms with Crippen molar-refractivity contribution in [3.63, 3.8) is 0 Å². The molecule has 4 heterocycles. The van der Waals surface area contributed by atoms with Crippen LogP contribution in [-0.2, 0) is 23.2 Å². The van der Waals surface area contributed by atoms with Gasteiger partial charge in [-0.15, -0.1) is 0 Å². The van der Waals surface area contributed by atoms with Gasteiger partial charge in [0.1, 0.15) is 17.4 Å². The molecule has 0 unspecified atom stereocenters. The third kappa shape index (κ3) is 5.16. The monoisotopic (exact) mass is 555 g/mol. The molecule has 10 heteroatoms. The van der Waals surface area contributed by atoms with Crippen LogP contribution in [0.3, 0.4) is 0 Å². The maximum absolute atomic E-state index is 14.4. The average Bonchev–Trinajstić information content (AvgIpc) is 3.62. The van der Waals surface area contributed by atoms with Crippen molar-refractivity contribution >= 4 is 11.9 Å². The quantitative estimate of drug-likeness (QED) is 0.426. The van der Waals surface area contributed by atoms with Gasteiger partial charge in [0.25, 0.3) is 5.91 Å². The van der Waals surface area contributed by atoms with Crippen LogP contribution in [0.2, 0.25) is 0 Å². The molecule has 1 spiro atoms. The van der Waals surface area contributed by atoms with Crippen molar-refractivity contribution in [1.29, 1.82) is 5.26 Å². The van der Waals surface area contributed by atoms with E-state index in [4.69, 9.17) is 9.47 Å². The molecule has 2 aliphatic heterocycles. The number of benzene rings is 1. The van der Waals surface area contributed by atoms with Crippen molar-refractivity contribution in [1.82, 2.24) is 24.3 Å². The van der Waals surface area contributed by atoms with Crippen LogP contribution in [0.25, 0.3) is 0 Å². The van der Waals surface area contributed by atoms with E-state index < -0.39 is 0 Å². The van der Waals surface area contributed by atoms with Crippen molar-refractivity contribution in [3.05, 3.63) is 70.3 Å². The number of hydrogen-bond donors (Lipinski definition) is 1. The van der Waals surface area contributed by atoms with E-state index in [-0.39, 0.29) is 17.4 Å². The van der Waals surface area contributed by atoms with Gasteiger partial charge in [0.05, 0.1) is 38.1 Å². The van der Waals surface area contributed by atoms with E-state index in [0.29, 0.717) is 31.0 Å². The lowest BCUT2D eigenvalue weighted by atomic mass is 9.81. The second-order valence-electron chi connectivity index (χ2n) is 11.2. The highest BCUT2D eigenvalue weighted by Gasteiger charge is 2.53. The van der Waals surface area contributed by atoms with Crippen LogP contribution in [0.4, 0.5) is 5.95 Å². The van der Waals surface area contributed by atoms with Crippen LogP contribution in [0, 0.1) is 11.3 Å². The van der Waals surface area contributed by atoms with Gasteiger partial charge in [-0.1, -0.05) is 6.07 Å². The van der Waals surface area contributed by atoms with E-state index in [1.165, 1.54) is 11.1 Å². The number of amides is 1. The largest absolute Gasteiger partial charge is 0.492 e. The van der Waals surface area contributed by atoms with Gasteiger partial charge in [0.2, 0.25) is 5.95 Å². The Balaban J connectivity index is 1.39. The summed E-state index contributed by atoms with van der Waals surface area (Å²) in [5, 5.41) is 12.6. The summed E-state index contributed by atoms with van der Waals surface area (Å²) in [4.78, 5) is 27.7. The van der Waals surface area contributed by atoms with Gasteiger partial charge in [-0.05, 0) is 49.4 Å². The molecule has 214 valence electrons. The molecule has 1 atom stereocenters. The van der Waals surface area contributed by atoms with Gasteiger partial charge in [-0.2, -0.15) is 5.26 Å². The molecule has 1 N–H and O–H groups in total. The van der Waals surface area contributed by atoms with Crippen molar-refractivity contribution in [2.45, 2.75) is 51.2 Å². The number of hydrogen-bond acceptors (Lipinski definition) is 8. The van der Waals surface area contributed by atoms with Gasteiger partial charge in [-0.25, -0.2) is 4.98 Å². The molecule has 1 saturated carbocycles. The summed E-state index contributed by atoms with van der Waals surface area (Å²) in [6.45, 7) is 9.69. The maximum atomic E-state index is 14.4. The Labute approximate surface area is 240 Å². The number of nitrogens with one attached hydrogen (secondary N) is 1. The molecule has 3 aliphatic rings. The Morgan fingerprint density at radius 3 is 2.71 bits per heavy atom. The summed E-state index contributed by atoms with van der Waals surface area (Å²) in [7, 11) is 1.86. The minimum absolute atomic E-state index is 0.0266. The van der Waals surface area contributed by atoms with Crippen molar-refractivity contribution in [3.8, 4) is 11.8 Å². The Hall–Kier alpha value is -3.94. The average molecular weight is 556 g/mol. The second kappa shape index (κ2) is 11.1. The van der Waals surface area contributed by atoms with Crippen molar-refractivity contribution < 1.29 is 14.3 Å².